The quantitative estimate of drug-likeness (QED) is 0.864. The molecule has 2 bridgehead atoms. The number of hydrogen-bond acceptors (Lipinski definition) is 3. The highest BCUT2D eigenvalue weighted by Crippen LogP contribution is 2.37. The van der Waals surface area contributed by atoms with Crippen LogP contribution in [0.15, 0.2) is 28.7 Å². The predicted molar refractivity (Wildman–Crippen MR) is 88.1 cm³/mol. The first-order valence-corrected chi connectivity index (χ1v) is 10.0. The summed E-state index contributed by atoms with van der Waals surface area (Å²) in [6.07, 6.45) is 4.44. The van der Waals surface area contributed by atoms with Crippen molar-refractivity contribution in [3.05, 3.63) is 34.3 Å². The Labute approximate surface area is 139 Å². The lowest BCUT2D eigenvalue weighted by atomic mass is 9.99. The Bertz CT molecular complexity index is 678. The van der Waals surface area contributed by atoms with Crippen LogP contribution in [0.2, 0.25) is 0 Å². The minimum absolute atomic E-state index is 0.0262. The number of piperidine rings is 1. The molecule has 1 aromatic carbocycles. The molecule has 7 heteroatoms. The summed E-state index contributed by atoms with van der Waals surface area (Å²) in [6.45, 7) is 0. The fourth-order valence-corrected chi connectivity index (χ4v) is 5.63. The lowest BCUT2D eigenvalue weighted by molar-refractivity contribution is 0.0909. The number of rotatable bonds is 3. The average Bonchev–Trinajstić information content (AvgIpc) is 2.72. The van der Waals surface area contributed by atoms with Crippen LogP contribution < -0.4 is 5.32 Å². The van der Waals surface area contributed by atoms with Crippen molar-refractivity contribution in [3.8, 4) is 0 Å². The molecule has 2 aliphatic rings. The van der Waals surface area contributed by atoms with Crippen molar-refractivity contribution in [1.82, 2.24) is 9.62 Å². The van der Waals surface area contributed by atoms with Crippen molar-refractivity contribution in [3.63, 3.8) is 0 Å². The first-order chi connectivity index (χ1) is 10.4. The molecule has 1 aromatic rings. The van der Waals surface area contributed by atoms with E-state index in [0.29, 0.717) is 18.4 Å². The smallest absolute Gasteiger partial charge is 0.252 e. The van der Waals surface area contributed by atoms with Gasteiger partial charge in [0.1, 0.15) is 0 Å². The molecule has 0 spiro atoms. The van der Waals surface area contributed by atoms with Gasteiger partial charge in [-0.15, -0.1) is 0 Å². The average molecular weight is 387 g/mol. The summed E-state index contributed by atoms with van der Waals surface area (Å²) in [4.78, 5) is 12.4. The van der Waals surface area contributed by atoms with Gasteiger partial charge in [0.2, 0.25) is 10.0 Å². The molecule has 0 aromatic heterocycles. The van der Waals surface area contributed by atoms with Gasteiger partial charge in [-0.3, -0.25) is 4.79 Å². The Balaban J connectivity index is 1.70. The van der Waals surface area contributed by atoms with Crippen LogP contribution >= 0.6 is 15.9 Å². The second-order valence-corrected chi connectivity index (χ2v) is 8.84. The number of benzene rings is 1. The van der Waals surface area contributed by atoms with E-state index in [9.17, 15) is 13.2 Å². The van der Waals surface area contributed by atoms with Crippen molar-refractivity contribution in [2.45, 2.75) is 43.8 Å². The van der Waals surface area contributed by atoms with Gasteiger partial charge in [0, 0.05) is 22.6 Å². The molecule has 2 fully saturated rings. The highest BCUT2D eigenvalue weighted by Gasteiger charge is 2.45. The second-order valence-electron chi connectivity index (χ2n) is 6.10. The molecular formula is C15H19BrN2O3S. The van der Waals surface area contributed by atoms with Crippen molar-refractivity contribution >= 4 is 31.9 Å². The van der Waals surface area contributed by atoms with E-state index in [0.717, 1.165) is 17.3 Å². The molecule has 2 atom stereocenters. The first-order valence-electron chi connectivity index (χ1n) is 7.40. The number of nitrogens with one attached hydrogen (secondary N) is 1. The molecule has 3 rings (SSSR count). The number of hydrogen-bond donors (Lipinski definition) is 1. The highest BCUT2D eigenvalue weighted by molar-refractivity contribution is 9.10. The van der Waals surface area contributed by atoms with Gasteiger partial charge in [-0.25, -0.2) is 8.42 Å². The zero-order chi connectivity index (χ0) is 15.9. The Morgan fingerprint density at radius 2 is 1.82 bits per heavy atom. The Morgan fingerprint density at radius 1 is 1.23 bits per heavy atom. The molecule has 1 N–H and O–H groups in total. The van der Waals surface area contributed by atoms with Crippen molar-refractivity contribution in [2.24, 2.45) is 0 Å². The molecule has 2 aliphatic heterocycles. The van der Waals surface area contributed by atoms with Crippen LogP contribution in [0.4, 0.5) is 0 Å². The summed E-state index contributed by atoms with van der Waals surface area (Å²) in [5, 5.41) is 3.06. The van der Waals surface area contributed by atoms with E-state index < -0.39 is 10.0 Å². The molecule has 0 radical (unpaired) electrons. The third kappa shape index (κ3) is 3.07. The number of fused-ring (bicyclic) bond motifs is 2. The largest absolute Gasteiger partial charge is 0.349 e. The molecule has 2 saturated heterocycles. The van der Waals surface area contributed by atoms with E-state index >= 15 is 0 Å². The lowest BCUT2D eigenvalue weighted by Crippen LogP contribution is -2.52. The van der Waals surface area contributed by atoms with Crippen LogP contribution in [0.3, 0.4) is 0 Å². The second kappa shape index (κ2) is 5.94. The van der Waals surface area contributed by atoms with Gasteiger partial charge in [-0.1, -0.05) is 12.1 Å². The van der Waals surface area contributed by atoms with Crippen LogP contribution in [0.1, 0.15) is 36.0 Å². The van der Waals surface area contributed by atoms with Crippen LogP contribution in [0.25, 0.3) is 0 Å². The number of halogens is 1. The van der Waals surface area contributed by atoms with Crippen LogP contribution in [-0.4, -0.2) is 43.0 Å². The van der Waals surface area contributed by atoms with Gasteiger partial charge in [-0.05, 0) is 53.7 Å². The molecule has 22 heavy (non-hydrogen) atoms. The number of sulfonamides is 1. The van der Waals surface area contributed by atoms with E-state index in [-0.39, 0.29) is 24.0 Å². The van der Waals surface area contributed by atoms with Gasteiger partial charge >= 0.3 is 0 Å². The maximum absolute atomic E-state index is 12.4. The Kier molecular flexibility index (Phi) is 4.31. The van der Waals surface area contributed by atoms with E-state index in [1.54, 1.807) is 10.4 Å². The minimum atomic E-state index is -3.16. The lowest BCUT2D eigenvalue weighted by Gasteiger charge is -2.37. The van der Waals surface area contributed by atoms with E-state index in [1.807, 2.05) is 18.2 Å². The summed E-state index contributed by atoms with van der Waals surface area (Å²) in [6, 6.07) is 7.40. The molecule has 5 nitrogen and oxygen atoms in total. The first kappa shape index (κ1) is 16.0. The van der Waals surface area contributed by atoms with Crippen LogP contribution in [-0.2, 0) is 10.0 Å². The van der Waals surface area contributed by atoms with Crippen molar-refractivity contribution in [2.75, 3.05) is 6.26 Å². The normalized spacial score (nSPS) is 28.5. The van der Waals surface area contributed by atoms with Gasteiger partial charge in [0.15, 0.2) is 0 Å². The molecule has 2 heterocycles. The Morgan fingerprint density at radius 3 is 2.36 bits per heavy atom. The number of amides is 1. The Hall–Kier alpha value is -0.920. The third-order valence-electron chi connectivity index (χ3n) is 4.50. The van der Waals surface area contributed by atoms with Gasteiger partial charge in [0.05, 0.1) is 11.8 Å². The molecular weight excluding hydrogens is 368 g/mol. The predicted octanol–water partition coefficient (Wildman–Crippen LogP) is 2.13. The summed E-state index contributed by atoms with van der Waals surface area (Å²) >= 11 is 3.39. The van der Waals surface area contributed by atoms with Crippen LogP contribution in [0, 0.1) is 0 Å². The topological polar surface area (TPSA) is 66.5 Å². The third-order valence-corrected chi connectivity index (χ3v) is 6.56. The van der Waals surface area contributed by atoms with Gasteiger partial charge in [0.25, 0.3) is 5.91 Å². The highest BCUT2D eigenvalue weighted by atomic mass is 79.9. The van der Waals surface area contributed by atoms with E-state index in [4.69, 9.17) is 0 Å². The summed E-state index contributed by atoms with van der Waals surface area (Å²) in [7, 11) is -3.16. The standard InChI is InChI=1S/C15H19BrN2O3S/c1-22(20,21)18-11-6-7-12(18)9-10(8-11)17-15(19)13-4-2-3-5-14(13)16/h2-5,10-12H,6-9H2,1H3,(H,17,19)/t11-,12-/m0/s1. The molecule has 0 aliphatic carbocycles. The molecule has 1 amide bonds. The summed E-state index contributed by atoms with van der Waals surface area (Å²) < 4.78 is 26.2. The maximum atomic E-state index is 12.4. The minimum Gasteiger partial charge on any atom is -0.349 e. The monoisotopic (exact) mass is 386 g/mol. The van der Waals surface area contributed by atoms with Crippen molar-refractivity contribution in [1.29, 1.82) is 0 Å². The fraction of sp³-hybridized carbons (Fsp3) is 0.533. The molecule has 120 valence electrons. The molecule has 0 saturated carbocycles. The van der Waals surface area contributed by atoms with E-state index in [1.165, 1.54) is 6.26 Å². The van der Waals surface area contributed by atoms with Crippen molar-refractivity contribution < 1.29 is 13.2 Å². The maximum Gasteiger partial charge on any atom is 0.252 e. The summed E-state index contributed by atoms with van der Waals surface area (Å²) in [5.74, 6) is -0.107. The SMILES string of the molecule is CS(=O)(=O)N1[C@H]2CC[C@H]1CC(NC(=O)c1ccccc1Br)C2. The zero-order valence-electron chi connectivity index (χ0n) is 12.3. The number of carbonyl (C=O) groups excluding carboxylic acids is 1. The van der Waals surface area contributed by atoms with Gasteiger partial charge < -0.3 is 5.32 Å². The number of carbonyl (C=O) groups is 1. The molecule has 0 unspecified atom stereocenters. The van der Waals surface area contributed by atoms with Crippen LogP contribution in [0.5, 0.6) is 0 Å². The summed E-state index contributed by atoms with van der Waals surface area (Å²) in [5.41, 5.74) is 0.611. The van der Waals surface area contributed by atoms with E-state index in [2.05, 4.69) is 21.2 Å². The number of nitrogens with zero attached hydrogens (tertiary/aromatic N) is 1. The van der Waals surface area contributed by atoms with Gasteiger partial charge in [-0.2, -0.15) is 4.31 Å². The zero-order valence-corrected chi connectivity index (χ0v) is 14.7. The fourth-order valence-electron chi connectivity index (χ4n) is 3.70.